The molecule has 0 radical (unpaired) electrons. The third-order valence-electron chi connectivity index (χ3n) is 2.85. The van der Waals surface area contributed by atoms with Crippen LogP contribution in [-0.4, -0.2) is 65.4 Å². The Kier molecular flexibility index (Phi) is 4.77. The van der Waals surface area contributed by atoms with Crippen LogP contribution in [0.5, 0.6) is 0 Å². The summed E-state index contributed by atoms with van der Waals surface area (Å²) in [5.74, 6) is 0. The second-order valence-electron chi connectivity index (χ2n) is 5.53. The number of rotatable bonds is 2. The van der Waals surface area contributed by atoms with E-state index in [0.717, 1.165) is 13.1 Å². The number of ether oxygens (including phenoxy) is 1. The van der Waals surface area contributed by atoms with E-state index in [-0.39, 0.29) is 18.7 Å². The minimum Gasteiger partial charge on any atom is -0.444 e. The van der Waals surface area contributed by atoms with Crippen LogP contribution < -0.4 is 0 Å². The van der Waals surface area contributed by atoms with E-state index in [1.165, 1.54) is 0 Å². The quantitative estimate of drug-likeness (QED) is 0.785. The molecule has 1 aliphatic rings. The predicted octanol–water partition coefficient (Wildman–Crippen LogP) is 0.920. The largest absolute Gasteiger partial charge is 0.444 e. The fourth-order valence-electron chi connectivity index (χ4n) is 1.79. The van der Waals surface area contributed by atoms with Crippen LogP contribution >= 0.6 is 0 Å². The molecule has 1 N–H and O–H groups in total. The molecular weight excluding hydrogens is 220 g/mol. The van der Waals surface area contributed by atoms with Crippen molar-refractivity contribution < 1.29 is 14.6 Å². The van der Waals surface area contributed by atoms with Crippen molar-refractivity contribution in [1.29, 1.82) is 0 Å². The van der Waals surface area contributed by atoms with Gasteiger partial charge < -0.3 is 14.7 Å². The lowest BCUT2D eigenvalue weighted by Crippen LogP contribution is -2.52. The standard InChI is InChI=1S/C12H24N2O3/c1-10(9-15)13-5-7-14(8-6-13)11(16)17-12(2,3)4/h10,15H,5-9H2,1-4H3/t10-/m1/s1. The van der Waals surface area contributed by atoms with Gasteiger partial charge in [0.25, 0.3) is 0 Å². The zero-order valence-electron chi connectivity index (χ0n) is 11.3. The third kappa shape index (κ3) is 4.52. The van der Waals surface area contributed by atoms with Crippen molar-refractivity contribution in [2.45, 2.75) is 39.3 Å². The average Bonchev–Trinajstić information content (AvgIpc) is 2.26. The topological polar surface area (TPSA) is 53.0 Å². The van der Waals surface area contributed by atoms with Gasteiger partial charge in [-0.05, 0) is 27.7 Å². The zero-order valence-corrected chi connectivity index (χ0v) is 11.3. The Bertz CT molecular complexity index is 255. The van der Waals surface area contributed by atoms with Crippen molar-refractivity contribution >= 4 is 6.09 Å². The number of carbonyl (C=O) groups excluding carboxylic acids is 1. The van der Waals surface area contributed by atoms with E-state index in [0.29, 0.717) is 13.1 Å². The molecule has 1 amide bonds. The fourth-order valence-corrected chi connectivity index (χ4v) is 1.79. The molecule has 5 nitrogen and oxygen atoms in total. The van der Waals surface area contributed by atoms with Crippen LogP contribution in [0.4, 0.5) is 4.79 Å². The summed E-state index contributed by atoms with van der Waals surface area (Å²) >= 11 is 0. The number of hydrogen-bond donors (Lipinski definition) is 1. The van der Waals surface area contributed by atoms with Gasteiger partial charge in [-0.2, -0.15) is 0 Å². The summed E-state index contributed by atoms with van der Waals surface area (Å²) in [4.78, 5) is 15.7. The number of nitrogens with zero attached hydrogens (tertiary/aromatic N) is 2. The van der Waals surface area contributed by atoms with Crippen LogP contribution in [0.1, 0.15) is 27.7 Å². The summed E-state index contributed by atoms with van der Waals surface area (Å²) in [7, 11) is 0. The highest BCUT2D eigenvalue weighted by Crippen LogP contribution is 2.12. The Labute approximate surface area is 103 Å². The van der Waals surface area contributed by atoms with Crippen molar-refractivity contribution in [2.24, 2.45) is 0 Å². The smallest absolute Gasteiger partial charge is 0.410 e. The highest BCUT2D eigenvalue weighted by molar-refractivity contribution is 5.68. The predicted molar refractivity (Wildman–Crippen MR) is 65.9 cm³/mol. The van der Waals surface area contributed by atoms with Gasteiger partial charge in [-0.1, -0.05) is 0 Å². The van der Waals surface area contributed by atoms with Gasteiger partial charge in [0.05, 0.1) is 6.61 Å². The summed E-state index contributed by atoms with van der Waals surface area (Å²) in [6.07, 6.45) is -0.242. The first kappa shape index (κ1) is 14.3. The minimum atomic E-state index is -0.438. The highest BCUT2D eigenvalue weighted by atomic mass is 16.6. The molecule has 0 aromatic carbocycles. The molecule has 0 aliphatic carbocycles. The maximum atomic E-state index is 11.8. The Morgan fingerprint density at radius 2 is 1.82 bits per heavy atom. The molecule has 1 heterocycles. The van der Waals surface area contributed by atoms with E-state index >= 15 is 0 Å². The van der Waals surface area contributed by atoms with E-state index in [2.05, 4.69) is 4.90 Å². The first-order valence-electron chi connectivity index (χ1n) is 6.16. The second kappa shape index (κ2) is 5.69. The molecule has 1 rings (SSSR count). The summed E-state index contributed by atoms with van der Waals surface area (Å²) in [6, 6.07) is 0.163. The Hall–Kier alpha value is -0.810. The maximum Gasteiger partial charge on any atom is 0.410 e. The SMILES string of the molecule is C[C@H](CO)N1CCN(C(=O)OC(C)(C)C)CC1. The van der Waals surface area contributed by atoms with Crippen molar-refractivity contribution in [3.63, 3.8) is 0 Å². The van der Waals surface area contributed by atoms with E-state index in [4.69, 9.17) is 9.84 Å². The molecule has 17 heavy (non-hydrogen) atoms. The number of aliphatic hydroxyl groups is 1. The molecule has 1 atom stereocenters. The lowest BCUT2D eigenvalue weighted by atomic mass is 10.2. The molecule has 1 fully saturated rings. The highest BCUT2D eigenvalue weighted by Gasteiger charge is 2.27. The monoisotopic (exact) mass is 244 g/mol. The Morgan fingerprint density at radius 1 is 1.29 bits per heavy atom. The molecule has 5 heteroatoms. The number of piperazine rings is 1. The van der Waals surface area contributed by atoms with Crippen molar-refractivity contribution in [3.8, 4) is 0 Å². The van der Waals surface area contributed by atoms with Crippen LogP contribution in [0.25, 0.3) is 0 Å². The van der Waals surface area contributed by atoms with Crippen LogP contribution in [-0.2, 0) is 4.74 Å². The van der Waals surface area contributed by atoms with Crippen LogP contribution in [0.2, 0.25) is 0 Å². The zero-order chi connectivity index (χ0) is 13.1. The van der Waals surface area contributed by atoms with Crippen LogP contribution in [0, 0.1) is 0 Å². The lowest BCUT2D eigenvalue weighted by Gasteiger charge is -2.37. The fraction of sp³-hybridized carbons (Fsp3) is 0.917. The van der Waals surface area contributed by atoms with Gasteiger partial charge in [-0.3, -0.25) is 4.90 Å². The molecule has 0 unspecified atom stereocenters. The summed E-state index contributed by atoms with van der Waals surface area (Å²) in [5.41, 5.74) is -0.438. The first-order chi connectivity index (χ1) is 7.83. The number of aliphatic hydroxyl groups excluding tert-OH is 1. The maximum absolute atomic E-state index is 11.8. The van der Waals surface area contributed by atoms with Crippen LogP contribution in [0.15, 0.2) is 0 Å². The first-order valence-corrected chi connectivity index (χ1v) is 6.16. The van der Waals surface area contributed by atoms with E-state index in [9.17, 15) is 4.79 Å². The Morgan fingerprint density at radius 3 is 2.24 bits per heavy atom. The van der Waals surface area contributed by atoms with Gasteiger partial charge in [0.1, 0.15) is 5.60 Å². The summed E-state index contributed by atoms with van der Waals surface area (Å²) in [6.45, 7) is 10.7. The Balaban J connectivity index is 2.39. The van der Waals surface area contributed by atoms with E-state index < -0.39 is 5.60 Å². The molecular formula is C12H24N2O3. The molecule has 0 aromatic heterocycles. The third-order valence-corrected chi connectivity index (χ3v) is 2.85. The second-order valence-corrected chi connectivity index (χ2v) is 5.53. The van der Waals surface area contributed by atoms with Gasteiger partial charge in [-0.15, -0.1) is 0 Å². The molecule has 0 aromatic rings. The van der Waals surface area contributed by atoms with Gasteiger partial charge in [0, 0.05) is 32.2 Å². The average molecular weight is 244 g/mol. The molecule has 1 saturated heterocycles. The van der Waals surface area contributed by atoms with Crippen LogP contribution in [0.3, 0.4) is 0 Å². The number of carbonyl (C=O) groups is 1. The lowest BCUT2D eigenvalue weighted by molar-refractivity contribution is 0.00816. The van der Waals surface area contributed by atoms with E-state index in [1.54, 1.807) is 4.90 Å². The summed E-state index contributed by atoms with van der Waals surface area (Å²) < 4.78 is 5.32. The van der Waals surface area contributed by atoms with Crippen molar-refractivity contribution in [2.75, 3.05) is 32.8 Å². The normalized spacial score (nSPS) is 20.2. The van der Waals surface area contributed by atoms with Gasteiger partial charge in [-0.25, -0.2) is 4.79 Å². The minimum absolute atomic E-state index is 0.159. The van der Waals surface area contributed by atoms with Gasteiger partial charge >= 0.3 is 6.09 Å². The number of amides is 1. The number of hydrogen-bond acceptors (Lipinski definition) is 4. The summed E-state index contributed by atoms with van der Waals surface area (Å²) in [5, 5.41) is 9.07. The van der Waals surface area contributed by atoms with Gasteiger partial charge in [0.2, 0.25) is 0 Å². The molecule has 0 bridgehead atoms. The van der Waals surface area contributed by atoms with Crippen molar-refractivity contribution in [1.82, 2.24) is 9.80 Å². The molecule has 100 valence electrons. The van der Waals surface area contributed by atoms with Crippen molar-refractivity contribution in [3.05, 3.63) is 0 Å². The molecule has 0 spiro atoms. The van der Waals surface area contributed by atoms with E-state index in [1.807, 2.05) is 27.7 Å². The molecule has 1 aliphatic heterocycles. The molecule has 0 saturated carbocycles. The van der Waals surface area contributed by atoms with Gasteiger partial charge in [0.15, 0.2) is 0 Å².